The molecule has 1 unspecified atom stereocenters. The summed E-state index contributed by atoms with van der Waals surface area (Å²) in [7, 11) is 1.85. The van der Waals surface area contributed by atoms with Crippen LogP contribution in [0.15, 0.2) is 18.3 Å². The van der Waals surface area contributed by atoms with E-state index in [9.17, 15) is 4.79 Å². The van der Waals surface area contributed by atoms with E-state index >= 15 is 0 Å². The molecule has 0 saturated carbocycles. The van der Waals surface area contributed by atoms with Crippen LogP contribution < -0.4 is 5.73 Å². The minimum atomic E-state index is 0.0290. The van der Waals surface area contributed by atoms with Crippen LogP contribution in [-0.2, 0) is 11.8 Å². The van der Waals surface area contributed by atoms with Gasteiger partial charge in [0.25, 0.3) is 0 Å². The Hall–Kier alpha value is -1.62. The number of nitrogens with zero attached hydrogens (tertiary/aromatic N) is 3. The van der Waals surface area contributed by atoms with Gasteiger partial charge in [-0.3, -0.25) is 9.48 Å². The highest BCUT2D eigenvalue weighted by Crippen LogP contribution is 2.09. The Labute approximate surface area is 101 Å². The zero-order chi connectivity index (χ0) is 12.3. The molecule has 2 rings (SSSR count). The average molecular weight is 234 g/mol. The minimum Gasteiger partial charge on any atom is -0.338 e. The first kappa shape index (κ1) is 11.9. The van der Waals surface area contributed by atoms with E-state index in [1.165, 1.54) is 0 Å². The van der Waals surface area contributed by atoms with Crippen molar-refractivity contribution in [3.63, 3.8) is 0 Å². The van der Waals surface area contributed by atoms with E-state index in [2.05, 4.69) is 5.10 Å². The Morgan fingerprint density at radius 2 is 2.47 bits per heavy atom. The van der Waals surface area contributed by atoms with Gasteiger partial charge in [0.05, 0.1) is 5.69 Å². The summed E-state index contributed by atoms with van der Waals surface area (Å²) in [4.78, 5) is 13.7. The van der Waals surface area contributed by atoms with Crippen molar-refractivity contribution >= 4 is 12.0 Å². The van der Waals surface area contributed by atoms with Gasteiger partial charge in [0.1, 0.15) is 0 Å². The third kappa shape index (κ3) is 2.94. The summed E-state index contributed by atoms with van der Waals surface area (Å²) in [5, 5.41) is 4.04. The second kappa shape index (κ2) is 5.14. The van der Waals surface area contributed by atoms with Crippen molar-refractivity contribution in [2.24, 2.45) is 12.8 Å². The lowest BCUT2D eigenvalue weighted by molar-refractivity contribution is -0.127. The fraction of sp³-hybridized carbons (Fsp3) is 0.500. The smallest absolute Gasteiger partial charge is 0.246 e. The highest BCUT2D eigenvalue weighted by atomic mass is 16.2. The lowest BCUT2D eigenvalue weighted by Crippen LogP contribution is -2.45. The molecule has 2 N–H and O–H groups in total. The lowest BCUT2D eigenvalue weighted by Gasteiger charge is -2.29. The first-order valence-corrected chi connectivity index (χ1v) is 5.87. The van der Waals surface area contributed by atoms with Gasteiger partial charge in [-0.15, -0.1) is 0 Å². The Morgan fingerprint density at radius 3 is 3.12 bits per heavy atom. The summed E-state index contributed by atoms with van der Waals surface area (Å²) >= 11 is 0. The van der Waals surface area contributed by atoms with Crippen LogP contribution in [0.5, 0.6) is 0 Å². The van der Waals surface area contributed by atoms with Crippen LogP contribution in [0.1, 0.15) is 18.5 Å². The molecule has 0 aromatic carbocycles. The molecule has 1 aromatic heterocycles. The zero-order valence-electron chi connectivity index (χ0n) is 10.0. The number of aryl methyl sites for hydroxylation is 1. The Morgan fingerprint density at radius 1 is 1.65 bits per heavy atom. The molecule has 5 nitrogen and oxygen atoms in total. The summed E-state index contributed by atoms with van der Waals surface area (Å²) < 4.78 is 1.73. The molecule has 1 aromatic rings. The predicted octanol–water partition coefficient (Wildman–Crippen LogP) is 0.383. The van der Waals surface area contributed by atoms with Crippen molar-refractivity contribution in [1.29, 1.82) is 0 Å². The Kier molecular flexibility index (Phi) is 3.58. The second-order valence-corrected chi connectivity index (χ2v) is 4.40. The maximum Gasteiger partial charge on any atom is 0.246 e. The number of carbonyl (C=O) groups excluding carboxylic acids is 1. The maximum atomic E-state index is 11.9. The number of likely N-dealkylation sites (tertiary alicyclic amines) is 1. The number of piperidine rings is 1. The number of carbonyl (C=O) groups is 1. The third-order valence-corrected chi connectivity index (χ3v) is 3.03. The first-order chi connectivity index (χ1) is 8.16. The fourth-order valence-electron chi connectivity index (χ4n) is 2.02. The molecular formula is C12H18N4O. The number of hydrogen-bond donors (Lipinski definition) is 1. The number of hydrogen-bond acceptors (Lipinski definition) is 3. The molecule has 0 radical (unpaired) electrons. The third-order valence-electron chi connectivity index (χ3n) is 3.03. The van der Waals surface area contributed by atoms with E-state index in [0.717, 1.165) is 25.1 Å². The number of nitrogens with two attached hydrogens (primary N) is 1. The van der Waals surface area contributed by atoms with Crippen LogP contribution in [0.4, 0.5) is 0 Å². The van der Waals surface area contributed by atoms with Crippen molar-refractivity contribution in [2.45, 2.75) is 18.9 Å². The van der Waals surface area contributed by atoms with E-state index < -0.39 is 0 Å². The van der Waals surface area contributed by atoms with Gasteiger partial charge in [-0.05, 0) is 25.0 Å². The van der Waals surface area contributed by atoms with Gasteiger partial charge in [0.2, 0.25) is 5.91 Å². The molecule has 0 spiro atoms. The maximum absolute atomic E-state index is 11.9. The molecule has 0 aliphatic carbocycles. The van der Waals surface area contributed by atoms with E-state index in [-0.39, 0.29) is 11.9 Å². The summed E-state index contributed by atoms with van der Waals surface area (Å²) in [6.45, 7) is 1.47. The lowest BCUT2D eigenvalue weighted by atomic mass is 10.1. The van der Waals surface area contributed by atoms with Gasteiger partial charge in [-0.25, -0.2) is 0 Å². The summed E-state index contributed by atoms with van der Waals surface area (Å²) in [6, 6.07) is 1.99. The van der Waals surface area contributed by atoms with Gasteiger partial charge in [0.15, 0.2) is 0 Å². The van der Waals surface area contributed by atoms with Crippen LogP contribution in [0.25, 0.3) is 6.08 Å². The van der Waals surface area contributed by atoms with Crippen molar-refractivity contribution in [1.82, 2.24) is 14.7 Å². The van der Waals surface area contributed by atoms with E-state index in [4.69, 9.17) is 5.73 Å². The number of amides is 1. The average Bonchev–Trinajstić information content (AvgIpc) is 2.72. The number of rotatable bonds is 2. The Balaban J connectivity index is 1.97. The quantitative estimate of drug-likeness (QED) is 0.753. The van der Waals surface area contributed by atoms with Crippen molar-refractivity contribution < 1.29 is 4.79 Å². The highest BCUT2D eigenvalue weighted by Gasteiger charge is 2.19. The molecule has 0 bridgehead atoms. The highest BCUT2D eigenvalue weighted by molar-refractivity contribution is 5.91. The summed E-state index contributed by atoms with van der Waals surface area (Å²) in [5.74, 6) is 0.0290. The van der Waals surface area contributed by atoms with E-state index in [1.54, 1.807) is 27.9 Å². The van der Waals surface area contributed by atoms with Crippen LogP contribution >= 0.6 is 0 Å². The summed E-state index contributed by atoms with van der Waals surface area (Å²) in [5.41, 5.74) is 6.76. The molecule has 1 aliphatic heterocycles. The van der Waals surface area contributed by atoms with Crippen LogP contribution in [0.2, 0.25) is 0 Å². The second-order valence-electron chi connectivity index (χ2n) is 4.40. The molecule has 1 fully saturated rings. The SMILES string of the molecule is Cn1nccc1C=CC(=O)N1CCCC(N)C1. The molecular weight excluding hydrogens is 216 g/mol. The van der Waals surface area contributed by atoms with Gasteiger partial charge in [0, 0.05) is 38.5 Å². The van der Waals surface area contributed by atoms with Crippen molar-refractivity contribution in [2.75, 3.05) is 13.1 Å². The minimum absolute atomic E-state index is 0.0290. The van der Waals surface area contributed by atoms with Gasteiger partial charge >= 0.3 is 0 Å². The number of aromatic nitrogens is 2. The van der Waals surface area contributed by atoms with E-state index in [0.29, 0.717) is 6.54 Å². The summed E-state index contributed by atoms with van der Waals surface area (Å²) in [6.07, 6.45) is 7.09. The van der Waals surface area contributed by atoms with Gasteiger partial charge < -0.3 is 10.6 Å². The monoisotopic (exact) mass is 234 g/mol. The molecule has 92 valence electrons. The fourth-order valence-corrected chi connectivity index (χ4v) is 2.02. The molecule has 1 atom stereocenters. The molecule has 17 heavy (non-hydrogen) atoms. The normalized spacial score (nSPS) is 21.1. The molecule has 1 aliphatic rings. The van der Waals surface area contributed by atoms with Crippen molar-refractivity contribution in [3.8, 4) is 0 Å². The van der Waals surface area contributed by atoms with Gasteiger partial charge in [-0.1, -0.05) is 0 Å². The van der Waals surface area contributed by atoms with Crippen LogP contribution in [0.3, 0.4) is 0 Å². The molecule has 1 saturated heterocycles. The predicted molar refractivity (Wildman–Crippen MR) is 66.0 cm³/mol. The topological polar surface area (TPSA) is 64.2 Å². The largest absolute Gasteiger partial charge is 0.338 e. The van der Waals surface area contributed by atoms with Crippen LogP contribution in [-0.4, -0.2) is 39.7 Å². The standard InChI is InChI=1S/C12H18N4O/c1-15-11(6-7-14-15)4-5-12(17)16-8-2-3-10(13)9-16/h4-7,10H,2-3,8-9,13H2,1H3. The van der Waals surface area contributed by atoms with Gasteiger partial charge in [-0.2, -0.15) is 5.10 Å². The molecule has 2 heterocycles. The molecule has 1 amide bonds. The Bertz CT molecular complexity index is 424. The first-order valence-electron chi connectivity index (χ1n) is 5.87. The zero-order valence-corrected chi connectivity index (χ0v) is 10.0. The van der Waals surface area contributed by atoms with Crippen molar-refractivity contribution in [3.05, 3.63) is 24.0 Å². The molecule has 5 heteroatoms. The van der Waals surface area contributed by atoms with E-state index in [1.807, 2.05) is 13.1 Å². The van der Waals surface area contributed by atoms with Crippen LogP contribution in [0, 0.1) is 0 Å².